The third-order valence-electron chi connectivity index (χ3n) is 3.02. The predicted octanol–water partition coefficient (Wildman–Crippen LogP) is 4.83. The topological polar surface area (TPSA) is 52.3 Å². The summed E-state index contributed by atoms with van der Waals surface area (Å²) in [7, 11) is 0. The van der Waals surface area contributed by atoms with Crippen LogP contribution in [-0.4, -0.2) is 11.9 Å². The van der Waals surface area contributed by atoms with Crippen molar-refractivity contribution < 1.29 is 9.53 Å². The number of nitrogen functional groups attached to an aromatic ring is 1. The number of rotatable bonds is 5. The van der Waals surface area contributed by atoms with Crippen LogP contribution in [0.2, 0.25) is 0 Å². The molecule has 0 bridgehead atoms. The summed E-state index contributed by atoms with van der Waals surface area (Å²) in [4.78, 5) is 12.6. The molecule has 2 N–H and O–H groups in total. The molecule has 0 aromatic heterocycles. The van der Waals surface area contributed by atoms with Crippen LogP contribution in [-0.2, 0) is 0 Å². The molecule has 2 aromatic rings. The Kier molecular flexibility index (Phi) is 5.42. The lowest BCUT2D eigenvalue weighted by atomic mass is 10.0. The highest BCUT2D eigenvalue weighted by Crippen LogP contribution is 2.25. The molecule has 3 nitrogen and oxygen atoms in total. The van der Waals surface area contributed by atoms with Crippen molar-refractivity contribution in [2.75, 3.05) is 5.73 Å². The van der Waals surface area contributed by atoms with E-state index in [4.69, 9.17) is 10.5 Å². The van der Waals surface area contributed by atoms with Gasteiger partial charge in [0, 0.05) is 20.2 Å². The average molecular weight is 413 g/mol. The Morgan fingerprint density at radius 2 is 1.86 bits per heavy atom. The number of carbonyl (C=O) groups excluding carboxylic acids is 1. The number of ether oxygens (including phenoxy) is 1. The van der Waals surface area contributed by atoms with E-state index in [9.17, 15) is 4.79 Å². The Morgan fingerprint density at radius 1 is 1.19 bits per heavy atom. The smallest absolute Gasteiger partial charge is 0.204 e. The Bertz CT molecular complexity index is 641. The van der Waals surface area contributed by atoms with Crippen molar-refractivity contribution in [1.29, 1.82) is 0 Å². The average Bonchev–Trinajstić information content (AvgIpc) is 2.48. The summed E-state index contributed by atoms with van der Waals surface area (Å²) in [6.07, 6.45) is 0.0570. The zero-order valence-corrected chi connectivity index (χ0v) is 14.6. The summed E-state index contributed by atoms with van der Waals surface area (Å²) < 4.78 is 7.41. The molecule has 0 radical (unpaired) electrons. The van der Waals surface area contributed by atoms with Crippen LogP contribution < -0.4 is 10.5 Å². The summed E-state index contributed by atoms with van der Waals surface area (Å²) >= 11 is 6.79. The lowest BCUT2D eigenvalue weighted by molar-refractivity contribution is 0.0786. The van der Waals surface area contributed by atoms with Crippen molar-refractivity contribution >= 4 is 43.3 Å². The minimum Gasteiger partial charge on any atom is -0.482 e. The maximum Gasteiger partial charge on any atom is 0.204 e. The number of carbonyl (C=O) groups is 1. The number of hydrogen-bond donors (Lipinski definition) is 1. The zero-order valence-electron chi connectivity index (χ0n) is 11.5. The van der Waals surface area contributed by atoms with Crippen LogP contribution in [0.3, 0.4) is 0 Å². The van der Waals surface area contributed by atoms with Crippen molar-refractivity contribution in [3.8, 4) is 5.75 Å². The maximum absolute atomic E-state index is 12.6. The van der Waals surface area contributed by atoms with Crippen LogP contribution in [0, 0.1) is 0 Å². The van der Waals surface area contributed by atoms with Gasteiger partial charge >= 0.3 is 0 Å². The van der Waals surface area contributed by atoms with E-state index < -0.39 is 6.10 Å². The summed E-state index contributed by atoms with van der Waals surface area (Å²) in [5, 5.41) is 0. The highest BCUT2D eigenvalue weighted by molar-refractivity contribution is 9.11. The predicted molar refractivity (Wildman–Crippen MR) is 91.7 cm³/mol. The van der Waals surface area contributed by atoms with Gasteiger partial charge in [-0.1, -0.05) is 38.8 Å². The molecule has 0 aliphatic rings. The van der Waals surface area contributed by atoms with Gasteiger partial charge in [0.15, 0.2) is 6.10 Å². The lowest BCUT2D eigenvalue weighted by Gasteiger charge is -2.17. The molecule has 110 valence electrons. The maximum atomic E-state index is 12.6. The molecule has 1 atom stereocenters. The van der Waals surface area contributed by atoms with Crippen molar-refractivity contribution in [3.63, 3.8) is 0 Å². The molecular weight excluding hydrogens is 398 g/mol. The van der Waals surface area contributed by atoms with Gasteiger partial charge in [-0.25, -0.2) is 0 Å². The van der Waals surface area contributed by atoms with Crippen molar-refractivity contribution in [1.82, 2.24) is 0 Å². The fourth-order valence-corrected chi connectivity index (χ4v) is 2.70. The van der Waals surface area contributed by atoms with Gasteiger partial charge in [0.25, 0.3) is 0 Å². The molecule has 0 aliphatic heterocycles. The molecule has 0 heterocycles. The minimum atomic E-state index is -0.528. The standard InChI is InChI=1S/C16H15Br2NO2/c1-2-15(21-12-6-4-11(19)5-7-12)16(20)13-9-10(17)3-8-14(13)18/h3-9,15H,2,19H2,1H3. The number of Topliss-reactive ketones (excluding diaryl/α,β-unsaturated/α-hetero) is 1. The molecule has 5 heteroatoms. The number of halogens is 2. The molecular formula is C16H15Br2NO2. The first-order chi connectivity index (χ1) is 10.0. The molecule has 0 fully saturated rings. The highest BCUT2D eigenvalue weighted by atomic mass is 79.9. The van der Waals surface area contributed by atoms with Gasteiger partial charge in [-0.05, 0) is 48.9 Å². The molecule has 0 amide bonds. The second-order valence-electron chi connectivity index (χ2n) is 4.57. The fraction of sp³-hybridized carbons (Fsp3) is 0.188. The Morgan fingerprint density at radius 3 is 2.48 bits per heavy atom. The molecule has 1 unspecified atom stereocenters. The van der Waals surface area contributed by atoms with Crippen LogP contribution in [0.15, 0.2) is 51.4 Å². The van der Waals surface area contributed by atoms with Gasteiger partial charge in [-0.2, -0.15) is 0 Å². The summed E-state index contributed by atoms with van der Waals surface area (Å²) in [6, 6.07) is 12.5. The summed E-state index contributed by atoms with van der Waals surface area (Å²) in [5.74, 6) is 0.581. The number of hydrogen-bond acceptors (Lipinski definition) is 3. The first kappa shape index (κ1) is 16.0. The Balaban J connectivity index is 2.22. The van der Waals surface area contributed by atoms with Crippen LogP contribution in [0.1, 0.15) is 23.7 Å². The van der Waals surface area contributed by atoms with Gasteiger partial charge in [0.05, 0.1) is 0 Å². The molecule has 21 heavy (non-hydrogen) atoms. The number of benzene rings is 2. The van der Waals surface area contributed by atoms with Crippen LogP contribution in [0.4, 0.5) is 5.69 Å². The third kappa shape index (κ3) is 4.08. The summed E-state index contributed by atoms with van der Waals surface area (Å²) in [5.41, 5.74) is 6.91. The van der Waals surface area contributed by atoms with Gasteiger partial charge in [0.1, 0.15) is 5.75 Å². The van der Waals surface area contributed by atoms with E-state index in [1.807, 2.05) is 19.1 Å². The van der Waals surface area contributed by atoms with E-state index in [2.05, 4.69) is 31.9 Å². The van der Waals surface area contributed by atoms with Gasteiger partial charge in [-0.15, -0.1) is 0 Å². The van der Waals surface area contributed by atoms with E-state index in [1.165, 1.54) is 0 Å². The monoisotopic (exact) mass is 411 g/mol. The number of anilines is 1. The molecule has 0 aliphatic carbocycles. The molecule has 0 saturated heterocycles. The van der Waals surface area contributed by atoms with Crippen molar-refractivity contribution in [2.45, 2.75) is 19.4 Å². The van der Waals surface area contributed by atoms with Crippen molar-refractivity contribution in [3.05, 3.63) is 57.0 Å². The first-order valence-corrected chi connectivity index (χ1v) is 8.11. The normalized spacial score (nSPS) is 12.0. The van der Waals surface area contributed by atoms with Gasteiger partial charge < -0.3 is 10.5 Å². The third-order valence-corrected chi connectivity index (χ3v) is 4.20. The second-order valence-corrected chi connectivity index (χ2v) is 6.34. The fourth-order valence-electron chi connectivity index (χ4n) is 1.89. The molecule has 0 spiro atoms. The molecule has 2 aromatic carbocycles. The highest BCUT2D eigenvalue weighted by Gasteiger charge is 2.22. The van der Waals surface area contributed by atoms with E-state index in [0.29, 0.717) is 23.4 Å². The SMILES string of the molecule is CCC(Oc1ccc(N)cc1)C(=O)c1cc(Br)ccc1Br. The quantitative estimate of drug-likeness (QED) is 0.564. The van der Waals surface area contributed by atoms with E-state index >= 15 is 0 Å². The van der Waals surface area contributed by atoms with Crippen LogP contribution in [0.5, 0.6) is 5.75 Å². The molecule has 0 saturated carbocycles. The number of ketones is 1. The number of nitrogens with two attached hydrogens (primary N) is 1. The van der Waals surface area contributed by atoms with E-state index in [0.717, 1.165) is 8.95 Å². The Labute approximate surface area is 140 Å². The zero-order chi connectivity index (χ0) is 15.4. The minimum absolute atomic E-state index is 0.0532. The van der Waals surface area contributed by atoms with E-state index in [-0.39, 0.29) is 5.78 Å². The van der Waals surface area contributed by atoms with Crippen molar-refractivity contribution in [2.24, 2.45) is 0 Å². The van der Waals surface area contributed by atoms with Gasteiger partial charge in [0.2, 0.25) is 5.78 Å². The van der Waals surface area contributed by atoms with Gasteiger partial charge in [-0.3, -0.25) is 4.79 Å². The van der Waals surface area contributed by atoms with E-state index in [1.54, 1.807) is 30.3 Å². The molecule has 2 rings (SSSR count). The largest absolute Gasteiger partial charge is 0.482 e. The Hall–Kier alpha value is -1.33. The second kappa shape index (κ2) is 7.09. The summed E-state index contributed by atoms with van der Waals surface area (Å²) in [6.45, 7) is 1.92. The van der Waals surface area contributed by atoms with Crippen LogP contribution >= 0.6 is 31.9 Å². The van der Waals surface area contributed by atoms with Crippen LogP contribution in [0.25, 0.3) is 0 Å². The lowest BCUT2D eigenvalue weighted by Crippen LogP contribution is -2.27. The first-order valence-electron chi connectivity index (χ1n) is 6.52.